The Labute approximate surface area is 133 Å². The molecule has 1 aliphatic rings. The van der Waals surface area contributed by atoms with E-state index in [0.717, 1.165) is 35.7 Å². The maximum Gasteiger partial charge on any atom is 0.0976 e. The second-order valence-corrected chi connectivity index (χ2v) is 7.77. The monoisotopic (exact) mass is 355 g/mol. The molecule has 0 bridgehead atoms. The predicted octanol–water partition coefficient (Wildman–Crippen LogP) is 5.25. The summed E-state index contributed by atoms with van der Waals surface area (Å²) in [6.45, 7) is 4.44. The summed E-state index contributed by atoms with van der Waals surface area (Å²) in [5.41, 5.74) is 0.339. The lowest BCUT2D eigenvalue weighted by Gasteiger charge is -2.42. The normalized spacial score (nSPS) is 22.0. The first kappa shape index (κ1) is 15.8. The largest absolute Gasteiger partial charge is 0.387 e. The molecular formula is C16H19BrClNO. The van der Waals surface area contributed by atoms with Crippen LogP contribution in [0.5, 0.6) is 0 Å². The number of nitrogens with zero attached hydrogens (tertiary/aromatic N) is 1. The smallest absolute Gasteiger partial charge is 0.0976 e. The molecule has 2 nitrogen and oxygen atoms in total. The van der Waals surface area contributed by atoms with Crippen molar-refractivity contribution in [2.24, 2.45) is 10.8 Å². The van der Waals surface area contributed by atoms with Gasteiger partial charge in [0, 0.05) is 4.47 Å². The lowest BCUT2D eigenvalue weighted by molar-refractivity contribution is 0.00953. The Balaban J connectivity index is 2.28. The minimum absolute atomic E-state index is 0.265. The molecule has 1 aliphatic carbocycles. The van der Waals surface area contributed by atoms with Crippen molar-refractivity contribution in [1.29, 1.82) is 5.26 Å². The number of aliphatic hydroxyl groups excluding tert-OH is 1. The highest BCUT2D eigenvalue weighted by Crippen LogP contribution is 2.51. The second-order valence-electron chi connectivity index (χ2n) is 6.51. The Morgan fingerprint density at radius 2 is 1.90 bits per heavy atom. The Bertz CT molecular complexity index is 540. The van der Waals surface area contributed by atoms with Gasteiger partial charge < -0.3 is 5.11 Å². The summed E-state index contributed by atoms with van der Waals surface area (Å²) in [6, 6.07) is 7.75. The zero-order valence-corrected chi connectivity index (χ0v) is 14.1. The van der Waals surface area contributed by atoms with Crippen LogP contribution in [0.1, 0.15) is 51.2 Å². The van der Waals surface area contributed by atoms with Crippen LogP contribution in [0.15, 0.2) is 22.7 Å². The Morgan fingerprint density at radius 1 is 1.30 bits per heavy atom. The lowest BCUT2D eigenvalue weighted by atomic mass is 9.62. The second kappa shape index (κ2) is 5.67. The van der Waals surface area contributed by atoms with E-state index in [1.807, 2.05) is 6.07 Å². The van der Waals surface area contributed by atoms with Crippen molar-refractivity contribution in [3.63, 3.8) is 0 Å². The maximum absolute atomic E-state index is 10.7. The van der Waals surface area contributed by atoms with Crippen LogP contribution in [0.25, 0.3) is 0 Å². The third-order valence-electron chi connectivity index (χ3n) is 4.50. The fourth-order valence-electron chi connectivity index (χ4n) is 2.82. The molecule has 0 saturated heterocycles. The van der Waals surface area contributed by atoms with Crippen LogP contribution < -0.4 is 0 Å². The van der Waals surface area contributed by atoms with Crippen molar-refractivity contribution in [2.45, 2.75) is 45.6 Å². The van der Waals surface area contributed by atoms with Crippen LogP contribution in [0.2, 0.25) is 5.02 Å². The van der Waals surface area contributed by atoms with Gasteiger partial charge in [-0.2, -0.15) is 5.26 Å². The first-order valence-corrected chi connectivity index (χ1v) is 8.01. The minimum atomic E-state index is -0.767. The van der Waals surface area contributed by atoms with Crippen LogP contribution in [-0.2, 0) is 0 Å². The van der Waals surface area contributed by atoms with E-state index in [4.69, 9.17) is 11.6 Å². The van der Waals surface area contributed by atoms with E-state index in [1.165, 1.54) is 0 Å². The SMILES string of the molecule is CC1(C)CCC(C#N)(C(O)c2ccc(Cl)c(Br)c2)CC1. The van der Waals surface area contributed by atoms with Gasteiger partial charge in [-0.1, -0.05) is 31.5 Å². The molecule has 0 radical (unpaired) electrons. The quantitative estimate of drug-likeness (QED) is 0.787. The lowest BCUT2D eigenvalue weighted by Crippen LogP contribution is -2.35. The third kappa shape index (κ3) is 3.03. The van der Waals surface area contributed by atoms with Gasteiger partial charge in [-0.15, -0.1) is 0 Å². The zero-order chi connectivity index (χ0) is 15.0. The predicted molar refractivity (Wildman–Crippen MR) is 84.4 cm³/mol. The molecule has 0 spiro atoms. The molecule has 1 N–H and O–H groups in total. The maximum atomic E-state index is 10.7. The van der Waals surface area contributed by atoms with Gasteiger partial charge in [0.15, 0.2) is 0 Å². The summed E-state index contributed by atoms with van der Waals surface area (Å²) in [6.07, 6.45) is 2.63. The molecule has 1 saturated carbocycles. The van der Waals surface area contributed by atoms with Gasteiger partial charge in [0.25, 0.3) is 0 Å². The van der Waals surface area contributed by atoms with E-state index in [1.54, 1.807) is 12.1 Å². The van der Waals surface area contributed by atoms with Gasteiger partial charge in [0.2, 0.25) is 0 Å². The molecule has 1 aromatic rings. The molecule has 0 aromatic heterocycles. The van der Waals surface area contributed by atoms with E-state index in [0.29, 0.717) is 5.02 Å². The van der Waals surface area contributed by atoms with Gasteiger partial charge in [0.05, 0.1) is 22.6 Å². The standard InChI is InChI=1S/C16H19BrClNO/c1-15(2)5-7-16(10-19,8-6-15)14(20)11-3-4-13(18)12(17)9-11/h3-4,9,14,20H,5-8H2,1-2H3. The van der Waals surface area contributed by atoms with Crippen molar-refractivity contribution in [1.82, 2.24) is 0 Å². The molecule has 2 rings (SSSR count). The molecule has 0 amide bonds. The van der Waals surface area contributed by atoms with Gasteiger partial charge in [-0.3, -0.25) is 0 Å². The summed E-state index contributed by atoms with van der Waals surface area (Å²) < 4.78 is 0.750. The highest BCUT2D eigenvalue weighted by molar-refractivity contribution is 9.10. The van der Waals surface area contributed by atoms with Crippen molar-refractivity contribution in [2.75, 3.05) is 0 Å². The Hall–Kier alpha value is -0.560. The molecule has 0 heterocycles. The van der Waals surface area contributed by atoms with Crippen molar-refractivity contribution >= 4 is 27.5 Å². The summed E-state index contributed by atoms with van der Waals surface area (Å²) in [5, 5.41) is 20.9. The number of benzene rings is 1. The Morgan fingerprint density at radius 3 is 2.40 bits per heavy atom. The number of nitriles is 1. The van der Waals surface area contributed by atoms with E-state index >= 15 is 0 Å². The van der Waals surface area contributed by atoms with Gasteiger partial charge in [0.1, 0.15) is 0 Å². The van der Waals surface area contributed by atoms with Crippen LogP contribution in [-0.4, -0.2) is 5.11 Å². The van der Waals surface area contributed by atoms with Crippen LogP contribution in [0, 0.1) is 22.2 Å². The van der Waals surface area contributed by atoms with Gasteiger partial charge in [-0.25, -0.2) is 0 Å². The highest BCUT2D eigenvalue weighted by atomic mass is 79.9. The summed E-state index contributed by atoms with van der Waals surface area (Å²) in [4.78, 5) is 0. The average molecular weight is 357 g/mol. The molecule has 1 unspecified atom stereocenters. The van der Waals surface area contributed by atoms with Crippen LogP contribution >= 0.6 is 27.5 Å². The number of aliphatic hydroxyl groups is 1. The number of hydrogen-bond donors (Lipinski definition) is 1. The number of halogens is 2. The molecule has 1 atom stereocenters. The van der Waals surface area contributed by atoms with Crippen molar-refractivity contribution in [3.05, 3.63) is 33.3 Å². The highest BCUT2D eigenvalue weighted by Gasteiger charge is 2.44. The first-order valence-electron chi connectivity index (χ1n) is 6.84. The fourth-order valence-corrected chi connectivity index (χ4v) is 3.33. The fraction of sp³-hybridized carbons (Fsp3) is 0.562. The van der Waals surface area contributed by atoms with Crippen LogP contribution in [0.3, 0.4) is 0 Å². The minimum Gasteiger partial charge on any atom is -0.387 e. The average Bonchev–Trinajstić information content (AvgIpc) is 2.42. The van der Waals surface area contributed by atoms with E-state index in [9.17, 15) is 10.4 Å². The molecule has 20 heavy (non-hydrogen) atoms. The van der Waals surface area contributed by atoms with E-state index in [2.05, 4.69) is 35.8 Å². The first-order chi connectivity index (χ1) is 9.30. The van der Waals surface area contributed by atoms with Crippen molar-refractivity contribution < 1.29 is 5.11 Å². The number of rotatable bonds is 2. The molecule has 0 aliphatic heterocycles. The summed E-state index contributed by atoms with van der Waals surface area (Å²) in [5.74, 6) is 0. The summed E-state index contributed by atoms with van der Waals surface area (Å²) in [7, 11) is 0. The van der Waals surface area contributed by atoms with Gasteiger partial charge >= 0.3 is 0 Å². The van der Waals surface area contributed by atoms with E-state index in [-0.39, 0.29) is 5.41 Å². The number of hydrogen-bond acceptors (Lipinski definition) is 2. The Kier molecular flexibility index (Phi) is 4.49. The topological polar surface area (TPSA) is 44.0 Å². The molecule has 1 fully saturated rings. The third-order valence-corrected chi connectivity index (χ3v) is 5.72. The van der Waals surface area contributed by atoms with Crippen LogP contribution in [0.4, 0.5) is 0 Å². The molecule has 4 heteroatoms. The molecule has 1 aromatic carbocycles. The van der Waals surface area contributed by atoms with E-state index < -0.39 is 11.5 Å². The molecular weight excluding hydrogens is 338 g/mol. The van der Waals surface area contributed by atoms with Crippen molar-refractivity contribution in [3.8, 4) is 6.07 Å². The molecule has 108 valence electrons. The zero-order valence-electron chi connectivity index (χ0n) is 11.8. The summed E-state index contributed by atoms with van der Waals surface area (Å²) >= 11 is 9.35. The van der Waals surface area contributed by atoms with Gasteiger partial charge in [-0.05, 0) is 64.7 Å².